The summed E-state index contributed by atoms with van der Waals surface area (Å²) in [5.41, 5.74) is 0.572. The van der Waals surface area contributed by atoms with Crippen LogP contribution in [0, 0.1) is 0 Å². The Bertz CT molecular complexity index is 363. The van der Waals surface area contributed by atoms with Crippen molar-refractivity contribution >= 4 is 5.97 Å². The summed E-state index contributed by atoms with van der Waals surface area (Å²) in [5.74, 6) is 0.587. The third kappa shape index (κ3) is 2.24. The van der Waals surface area contributed by atoms with E-state index in [2.05, 4.69) is 14.3 Å². The van der Waals surface area contributed by atoms with E-state index in [-0.39, 0.29) is 6.42 Å². The van der Waals surface area contributed by atoms with Crippen LogP contribution in [0.4, 0.5) is 0 Å². The van der Waals surface area contributed by atoms with Gasteiger partial charge in [0.25, 0.3) is 0 Å². The number of imidazole rings is 1. The molecule has 1 N–H and O–H groups in total. The van der Waals surface area contributed by atoms with Gasteiger partial charge in [-0.15, -0.1) is 0 Å². The van der Waals surface area contributed by atoms with Crippen LogP contribution in [-0.2, 0) is 22.5 Å². The fourth-order valence-corrected chi connectivity index (χ4v) is 1.94. The van der Waals surface area contributed by atoms with Crippen molar-refractivity contribution in [3.8, 4) is 0 Å². The molecule has 5 heteroatoms. The highest BCUT2D eigenvalue weighted by molar-refractivity contribution is 5.69. The van der Waals surface area contributed by atoms with Gasteiger partial charge in [0.2, 0.25) is 0 Å². The summed E-state index contributed by atoms with van der Waals surface area (Å²) in [6.07, 6.45) is 4.19. The summed E-state index contributed by atoms with van der Waals surface area (Å²) in [7, 11) is 1.31. The second-order valence-corrected chi connectivity index (χ2v) is 4.03. The van der Waals surface area contributed by atoms with Gasteiger partial charge in [0, 0.05) is 19.2 Å². The molecule has 0 radical (unpaired) electrons. The zero-order valence-electron chi connectivity index (χ0n) is 9.35. The lowest BCUT2D eigenvalue weighted by Gasteiger charge is -2.11. The van der Waals surface area contributed by atoms with Crippen LogP contribution >= 0.6 is 0 Å². The molecule has 88 valence electrons. The van der Waals surface area contributed by atoms with Crippen LogP contribution in [0.15, 0.2) is 6.20 Å². The molecular weight excluding hydrogens is 208 g/mol. The summed E-state index contributed by atoms with van der Waals surface area (Å²) in [6.45, 7) is 0.952. The molecule has 0 saturated heterocycles. The second kappa shape index (κ2) is 4.65. The molecular formula is C11H16N2O3. The molecule has 0 fully saturated rings. The third-order valence-electron chi connectivity index (χ3n) is 2.86. The smallest absolute Gasteiger partial charge is 0.308 e. The summed E-state index contributed by atoms with van der Waals surface area (Å²) in [5, 5.41) is 9.79. The lowest BCUT2D eigenvalue weighted by atomic mass is 10.2. The number of methoxy groups -OCH3 is 1. The van der Waals surface area contributed by atoms with E-state index in [0.29, 0.717) is 5.69 Å². The van der Waals surface area contributed by atoms with E-state index in [4.69, 9.17) is 0 Å². The standard InChI is InChI=1S/C11H16N2O3/c1-16-11(15)6-9(14)8-7-13-5-3-2-4-10(13)12-8/h7,9,14H,2-6H2,1H3. The van der Waals surface area contributed by atoms with Crippen LogP contribution in [0.2, 0.25) is 0 Å². The minimum Gasteiger partial charge on any atom is -0.469 e. The fraction of sp³-hybridized carbons (Fsp3) is 0.636. The number of hydrogen-bond acceptors (Lipinski definition) is 4. The Morgan fingerprint density at radius 1 is 1.69 bits per heavy atom. The van der Waals surface area contributed by atoms with Crippen LogP contribution in [-0.4, -0.2) is 27.7 Å². The second-order valence-electron chi connectivity index (χ2n) is 4.03. The normalized spacial score (nSPS) is 16.6. The van der Waals surface area contributed by atoms with Gasteiger partial charge in [-0.3, -0.25) is 4.79 Å². The van der Waals surface area contributed by atoms with Crippen molar-refractivity contribution in [1.82, 2.24) is 9.55 Å². The van der Waals surface area contributed by atoms with Crippen molar-refractivity contribution in [2.75, 3.05) is 7.11 Å². The van der Waals surface area contributed by atoms with Crippen molar-refractivity contribution in [3.05, 3.63) is 17.7 Å². The van der Waals surface area contributed by atoms with Crippen LogP contribution in [0.25, 0.3) is 0 Å². The van der Waals surface area contributed by atoms with E-state index in [1.807, 2.05) is 6.20 Å². The number of fused-ring (bicyclic) bond motifs is 1. The number of rotatable bonds is 3. The first kappa shape index (κ1) is 11.1. The Balaban J connectivity index is 2.08. The Hall–Kier alpha value is -1.36. The molecule has 0 aromatic carbocycles. The number of aromatic nitrogens is 2. The zero-order valence-corrected chi connectivity index (χ0v) is 9.35. The van der Waals surface area contributed by atoms with Gasteiger partial charge in [-0.05, 0) is 12.8 Å². The Labute approximate surface area is 94.1 Å². The predicted octanol–water partition coefficient (Wildman–Crippen LogP) is 0.816. The van der Waals surface area contributed by atoms with Crippen LogP contribution in [0.1, 0.15) is 36.9 Å². The number of carbonyl (C=O) groups is 1. The molecule has 16 heavy (non-hydrogen) atoms. The van der Waals surface area contributed by atoms with E-state index in [1.54, 1.807) is 0 Å². The summed E-state index contributed by atoms with van der Waals surface area (Å²) >= 11 is 0. The number of carbonyl (C=O) groups excluding carboxylic acids is 1. The van der Waals surface area contributed by atoms with Gasteiger partial charge in [-0.1, -0.05) is 0 Å². The number of ether oxygens (including phenoxy) is 1. The molecule has 0 spiro atoms. The molecule has 2 heterocycles. The number of aryl methyl sites for hydroxylation is 2. The first-order chi connectivity index (χ1) is 7.70. The maximum Gasteiger partial charge on any atom is 0.308 e. The summed E-state index contributed by atoms with van der Waals surface area (Å²) < 4.78 is 6.57. The van der Waals surface area contributed by atoms with Crippen molar-refractivity contribution in [2.24, 2.45) is 0 Å². The van der Waals surface area contributed by atoms with Gasteiger partial charge in [-0.2, -0.15) is 0 Å². The van der Waals surface area contributed by atoms with Gasteiger partial charge in [0.05, 0.1) is 19.2 Å². The Kier molecular flexibility index (Phi) is 3.24. The van der Waals surface area contributed by atoms with E-state index < -0.39 is 12.1 Å². The maximum atomic E-state index is 11.0. The first-order valence-electron chi connectivity index (χ1n) is 5.51. The topological polar surface area (TPSA) is 64.3 Å². The van der Waals surface area contributed by atoms with Crippen molar-refractivity contribution in [3.63, 3.8) is 0 Å². The highest BCUT2D eigenvalue weighted by Crippen LogP contribution is 2.20. The number of hydrogen-bond donors (Lipinski definition) is 1. The monoisotopic (exact) mass is 224 g/mol. The molecule has 2 rings (SSSR count). The molecule has 1 aromatic rings. The minimum atomic E-state index is -0.856. The predicted molar refractivity (Wildman–Crippen MR) is 56.8 cm³/mol. The number of aliphatic hydroxyl groups excluding tert-OH is 1. The summed E-state index contributed by atoms with van der Waals surface area (Å²) in [4.78, 5) is 15.4. The van der Waals surface area contributed by atoms with Crippen molar-refractivity contribution in [1.29, 1.82) is 0 Å². The quantitative estimate of drug-likeness (QED) is 0.772. The minimum absolute atomic E-state index is 0.0348. The highest BCUT2D eigenvalue weighted by Gasteiger charge is 2.19. The van der Waals surface area contributed by atoms with Gasteiger partial charge >= 0.3 is 5.97 Å². The van der Waals surface area contributed by atoms with Gasteiger partial charge < -0.3 is 14.4 Å². The number of aliphatic hydroxyl groups is 1. The molecule has 1 atom stereocenters. The molecule has 1 unspecified atom stereocenters. The largest absolute Gasteiger partial charge is 0.469 e. The lowest BCUT2D eigenvalue weighted by Crippen LogP contribution is -2.09. The van der Waals surface area contributed by atoms with Crippen LogP contribution in [0.5, 0.6) is 0 Å². The molecule has 5 nitrogen and oxygen atoms in total. The first-order valence-corrected chi connectivity index (χ1v) is 5.51. The van der Waals surface area contributed by atoms with E-state index in [9.17, 15) is 9.90 Å². The number of esters is 1. The van der Waals surface area contributed by atoms with E-state index in [0.717, 1.165) is 31.6 Å². The molecule has 0 aliphatic carbocycles. The molecule has 1 aliphatic heterocycles. The van der Waals surface area contributed by atoms with E-state index >= 15 is 0 Å². The molecule has 0 saturated carbocycles. The average molecular weight is 224 g/mol. The van der Waals surface area contributed by atoms with Crippen molar-refractivity contribution in [2.45, 2.75) is 38.3 Å². The SMILES string of the molecule is COC(=O)CC(O)c1cn2c(n1)CCCC2. The maximum absolute atomic E-state index is 11.0. The van der Waals surface area contributed by atoms with Gasteiger partial charge in [0.15, 0.2) is 0 Å². The third-order valence-corrected chi connectivity index (χ3v) is 2.86. The molecule has 0 bridgehead atoms. The molecule has 1 aromatic heterocycles. The summed E-state index contributed by atoms with van der Waals surface area (Å²) in [6, 6.07) is 0. The van der Waals surface area contributed by atoms with E-state index in [1.165, 1.54) is 7.11 Å². The highest BCUT2D eigenvalue weighted by atomic mass is 16.5. The van der Waals surface area contributed by atoms with Crippen LogP contribution in [0.3, 0.4) is 0 Å². The lowest BCUT2D eigenvalue weighted by molar-refractivity contribution is -0.142. The fourth-order valence-electron chi connectivity index (χ4n) is 1.94. The zero-order chi connectivity index (χ0) is 11.5. The number of nitrogens with zero attached hydrogens (tertiary/aromatic N) is 2. The average Bonchev–Trinajstić information content (AvgIpc) is 2.72. The van der Waals surface area contributed by atoms with Gasteiger partial charge in [0.1, 0.15) is 11.9 Å². The molecule has 0 amide bonds. The van der Waals surface area contributed by atoms with Crippen LogP contribution < -0.4 is 0 Å². The molecule has 1 aliphatic rings. The van der Waals surface area contributed by atoms with Gasteiger partial charge in [-0.25, -0.2) is 4.98 Å². The Morgan fingerprint density at radius 2 is 2.50 bits per heavy atom. The van der Waals surface area contributed by atoms with Crippen molar-refractivity contribution < 1.29 is 14.6 Å². The Morgan fingerprint density at radius 3 is 3.19 bits per heavy atom.